The highest BCUT2D eigenvalue weighted by atomic mass is 32.2. The minimum Gasteiger partial charge on any atom is -0.487 e. The first kappa shape index (κ1) is 16.7. The van der Waals surface area contributed by atoms with E-state index in [0.717, 1.165) is 37.5 Å². The van der Waals surface area contributed by atoms with E-state index in [-0.39, 0.29) is 6.10 Å². The Labute approximate surface area is 132 Å². The van der Waals surface area contributed by atoms with E-state index in [1.54, 1.807) is 7.11 Å². The van der Waals surface area contributed by atoms with Gasteiger partial charge < -0.3 is 14.8 Å². The molecule has 118 valence electrons. The van der Waals surface area contributed by atoms with E-state index < -0.39 is 0 Å². The van der Waals surface area contributed by atoms with Crippen LogP contribution in [0.5, 0.6) is 5.75 Å². The fraction of sp³-hybridized carbons (Fsp3) is 0.647. The Morgan fingerprint density at radius 2 is 2.24 bits per heavy atom. The van der Waals surface area contributed by atoms with Gasteiger partial charge in [0.15, 0.2) is 0 Å². The molecule has 0 aliphatic carbocycles. The van der Waals surface area contributed by atoms with E-state index in [2.05, 4.69) is 37.4 Å². The summed E-state index contributed by atoms with van der Waals surface area (Å²) in [5.41, 5.74) is 0. The lowest BCUT2D eigenvalue weighted by Gasteiger charge is -2.35. The Morgan fingerprint density at radius 3 is 3.00 bits per heavy atom. The molecule has 0 amide bonds. The third kappa shape index (κ3) is 4.63. The number of fused-ring (bicyclic) bond motifs is 1. The van der Waals surface area contributed by atoms with Crippen LogP contribution in [0.1, 0.15) is 26.7 Å². The first-order chi connectivity index (χ1) is 10.3. The van der Waals surface area contributed by atoms with E-state index in [1.165, 1.54) is 4.90 Å². The van der Waals surface area contributed by atoms with Gasteiger partial charge in [-0.15, -0.1) is 11.8 Å². The van der Waals surface area contributed by atoms with Gasteiger partial charge in [0.05, 0.1) is 0 Å². The van der Waals surface area contributed by atoms with E-state index in [9.17, 15) is 0 Å². The van der Waals surface area contributed by atoms with Crippen LogP contribution in [0.3, 0.4) is 0 Å². The Hall–Kier alpha value is -0.710. The van der Waals surface area contributed by atoms with Crippen LogP contribution in [0.4, 0.5) is 0 Å². The lowest BCUT2D eigenvalue weighted by Crippen LogP contribution is -2.50. The van der Waals surface area contributed by atoms with Crippen LogP contribution in [-0.4, -0.2) is 38.2 Å². The van der Waals surface area contributed by atoms with Gasteiger partial charge in [0.2, 0.25) is 0 Å². The van der Waals surface area contributed by atoms with E-state index in [0.29, 0.717) is 12.0 Å². The highest BCUT2D eigenvalue weighted by molar-refractivity contribution is 7.99. The largest absolute Gasteiger partial charge is 0.487 e. The van der Waals surface area contributed by atoms with E-state index in [4.69, 9.17) is 9.47 Å². The summed E-state index contributed by atoms with van der Waals surface area (Å²) in [6, 6.07) is 8.71. The lowest BCUT2D eigenvalue weighted by molar-refractivity contribution is 0.113. The Balaban J connectivity index is 2.03. The third-order valence-electron chi connectivity index (χ3n) is 3.95. The summed E-state index contributed by atoms with van der Waals surface area (Å²) in [6.45, 7) is 6.34. The Bertz CT molecular complexity index is 427. The molecule has 3 nitrogen and oxygen atoms in total. The van der Waals surface area contributed by atoms with Gasteiger partial charge in [-0.1, -0.05) is 26.0 Å². The second-order valence-electron chi connectivity index (χ2n) is 5.65. The average Bonchev–Trinajstić information content (AvgIpc) is 2.53. The highest BCUT2D eigenvalue weighted by Crippen LogP contribution is 2.36. The second-order valence-corrected chi connectivity index (χ2v) is 6.71. The smallest absolute Gasteiger partial charge is 0.133 e. The first-order valence-electron chi connectivity index (χ1n) is 7.87. The average molecular weight is 309 g/mol. The molecular weight excluding hydrogens is 282 g/mol. The molecule has 0 saturated heterocycles. The van der Waals surface area contributed by atoms with Crippen molar-refractivity contribution in [3.05, 3.63) is 24.3 Å². The molecule has 0 saturated carbocycles. The molecule has 1 aliphatic rings. The number of ether oxygens (including phenoxy) is 2. The van der Waals surface area contributed by atoms with E-state index >= 15 is 0 Å². The molecule has 1 aromatic carbocycles. The number of benzene rings is 1. The molecule has 1 heterocycles. The lowest BCUT2D eigenvalue weighted by atomic mass is 9.94. The maximum Gasteiger partial charge on any atom is 0.133 e. The number of para-hydroxylation sites is 1. The van der Waals surface area contributed by atoms with Gasteiger partial charge in [0.25, 0.3) is 0 Å². The predicted molar refractivity (Wildman–Crippen MR) is 89.3 cm³/mol. The third-order valence-corrected chi connectivity index (χ3v) is 5.10. The molecule has 21 heavy (non-hydrogen) atoms. The SMILES string of the molecule is CCCNC(C(C)CCOC)C1CSc2ccccc2O1. The van der Waals surface area contributed by atoms with Gasteiger partial charge in [0, 0.05) is 30.4 Å². The molecule has 3 atom stereocenters. The van der Waals surface area contributed by atoms with Crippen molar-refractivity contribution in [3.8, 4) is 5.75 Å². The molecule has 1 aromatic rings. The number of nitrogens with one attached hydrogen (secondary N) is 1. The van der Waals surface area contributed by atoms with Crippen molar-refractivity contribution < 1.29 is 9.47 Å². The predicted octanol–water partition coefficient (Wildman–Crippen LogP) is 3.58. The number of rotatable bonds is 8. The zero-order valence-corrected chi connectivity index (χ0v) is 14.1. The Kier molecular flexibility index (Phi) is 6.87. The number of methoxy groups -OCH3 is 1. The van der Waals surface area contributed by atoms with Gasteiger partial charge in [-0.25, -0.2) is 0 Å². The maximum absolute atomic E-state index is 6.27. The summed E-state index contributed by atoms with van der Waals surface area (Å²) in [5.74, 6) is 2.57. The number of hydrogen-bond acceptors (Lipinski definition) is 4. The van der Waals surface area contributed by atoms with Gasteiger partial charge in [0.1, 0.15) is 11.9 Å². The monoisotopic (exact) mass is 309 g/mol. The van der Waals surface area contributed by atoms with Crippen LogP contribution >= 0.6 is 11.8 Å². The molecule has 4 heteroatoms. The molecule has 0 bridgehead atoms. The van der Waals surface area contributed by atoms with Crippen molar-refractivity contribution in [1.29, 1.82) is 0 Å². The fourth-order valence-electron chi connectivity index (χ4n) is 2.71. The molecule has 0 fully saturated rings. The normalized spacial score (nSPS) is 20.4. The molecule has 0 aromatic heterocycles. The maximum atomic E-state index is 6.27. The first-order valence-corrected chi connectivity index (χ1v) is 8.85. The molecule has 1 N–H and O–H groups in total. The summed E-state index contributed by atoms with van der Waals surface area (Å²) in [5, 5.41) is 3.68. The van der Waals surface area contributed by atoms with Crippen molar-refractivity contribution >= 4 is 11.8 Å². The molecule has 3 unspecified atom stereocenters. The summed E-state index contributed by atoms with van der Waals surface area (Å²) in [6.07, 6.45) is 2.43. The van der Waals surface area contributed by atoms with Crippen LogP contribution in [-0.2, 0) is 4.74 Å². The van der Waals surface area contributed by atoms with Gasteiger partial charge >= 0.3 is 0 Å². The number of thioether (sulfide) groups is 1. The summed E-state index contributed by atoms with van der Waals surface area (Å²) in [4.78, 5) is 1.26. The van der Waals surface area contributed by atoms with Crippen molar-refractivity contribution in [2.24, 2.45) is 5.92 Å². The fourth-order valence-corrected chi connectivity index (χ4v) is 3.76. The van der Waals surface area contributed by atoms with Crippen LogP contribution in [0.2, 0.25) is 0 Å². The minimum absolute atomic E-state index is 0.225. The summed E-state index contributed by atoms with van der Waals surface area (Å²) >= 11 is 1.90. The highest BCUT2D eigenvalue weighted by Gasteiger charge is 2.31. The topological polar surface area (TPSA) is 30.5 Å². The van der Waals surface area contributed by atoms with Crippen LogP contribution in [0.25, 0.3) is 0 Å². The van der Waals surface area contributed by atoms with Gasteiger partial charge in [-0.2, -0.15) is 0 Å². The second kappa shape index (κ2) is 8.66. The van der Waals surface area contributed by atoms with Gasteiger partial charge in [-0.05, 0) is 37.4 Å². The van der Waals surface area contributed by atoms with Crippen molar-refractivity contribution in [2.75, 3.05) is 26.0 Å². The minimum atomic E-state index is 0.225. The van der Waals surface area contributed by atoms with Crippen LogP contribution < -0.4 is 10.1 Å². The van der Waals surface area contributed by atoms with Crippen molar-refractivity contribution in [3.63, 3.8) is 0 Å². The van der Waals surface area contributed by atoms with E-state index in [1.807, 2.05) is 17.8 Å². The van der Waals surface area contributed by atoms with Crippen LogP contribution in [0, 0.1) is 5.92 Å². The molecule has 0 radical (unpaired) electrons. The Morgan fingerprint density at radius 1 is 1.43 bits per heavy atom. The summed E-state index contributed by atoms with van der Waals surface area (Å²) in [7, 11) is 1.77. The molecule has 2 rings (SSSR count). The zero-order chi connectivity index (χ0) is 15.1. The molecular formula is C17H27NO2S. The standard InChI is InChI=1S/C17H27NO2S/c1-4-10-18-17(13(2)9-11-19-3)15-12-21-16-8-6-5-7-14(16)20-15/h5-8,13,15,17-18H,4,9-12H2,1-3H3. The van der Waals surface area contributed by atoms with Crippen LogP contribution in [0.15, 0.2) is 29.2 Å². The zero-order valence-electron chi connectivity index (χ0n) is 13.3. The van der Waals surface area contributed by atoms with Crippen molar-refractivity contribution in [1.82, 2.24) is 5.32 Å². The molecule has 0 spiro atoms. The van der Waals surface area contributed by atoms with Crippen molar-refractivity contribution in [2.45, 2.75) is 43.7 Å². The molecule has 1 aliphatic heterocycles. The quantitative estimate of drug-likeness (QED) is 0.795. The number of hydrogen-bond donors (Lipinski definition) is 1. The summed E-state index contributed by atoms with van der Waals surface area (Å²) < 4.78 is 11.5. The van der Waals surface area contributed by atoms with Gasteiger partial charge in [-0.3, -0.25) is 0 Å².